The second-order valence-electron chi connectivity index (χ2n) is 6.03. The lowest BCUT2D eigenvalue weighted by atomic mass is 10.1. The van der Waals surface area contributed by atoms with Crippen molar-refractivity contribution in [2.45, 2.75) is 5.22 Å². The van der Waals surface area contributed by atoms with Crippen molar-refractivity contribution >= 4 is 29.1 Å². The van der Waals surface area contributed by atoms with Crippen LogP contribution in [-0.4, -0.2) is 21.7 Å². The van der Waals surface area contributed by atoms with Crippen molar-refractivity contribution in [1.82, 2.24) is 10.2 Å². The number of carbonyl (C=O) groups is 1. The molecule has 3 aromatic carbocycles. The van der Waals surface area contributed by atoms with Gasteiger partial charge in [0.1, 0.15) is 11.5 Å². The number of hydrogen-bond acceptors (Lipinski definition) is 6. The number of Topliss-reactive ketones (excluding diaryl/α,β-unsaturated/α-hetero) is 1. The third kappa shape index (κ3) is 5.04. The first-order valence-corrected chi connectivity index (χ1v) is 10.1. The minimum atomic E-state index is -0.0347. The first-order valence-electron chi connectivity index (χ1n) is 8.76. The first-order chi connectivity index (χ1) is 14.2. The SMILES string of the molecule is O=C(CSc1nnc(-c2ccc(Cl)cc2)o1)c1ccc(Oc2ccccc2)cc1. The van der Waals surface area contributed by atoms with Crippen molar-refractivity contribution in [1.29, 1.82) is 0 Å². The van der Waals surface area contributed by atoms with Gasteiger partial charge in [-0.25, -0.2) is 0 Å². The van der Waals surface area contributed by atoms with E-state index in [-0.39, 0.29) is 11.5 Å². The quantitative estimate of drug-likeness (QED) is 0.262. The van der Waals surface area contributed by atoms with Crippen molar-refractivity contribution in [3.8, 4) is 23.0 Å². The maximum absolute atomic E-state index is 12.4. The standard InChI is InChI=1S/C22H15ClN2O3S/c23-17-10-6-16(7-11-17)21-24-25-22(28-21)29-14-20(26)15-8-12-19(13-9-15)27-18-4-2-1-3-5-18/h1-13H,14H2. The summed E-state index contributed by atoms with van der Waals surface area (Å²) >= 11 is 7.08. The molecule has 0 unspecified atom stereocenters. The van der Waals surface area contributed by atoms with Crippen LogP contribution in [0, 0.1) is 0 Å². The molecule has 0 aliphatic carbocycles. The van der Waals surface area contributed by atoms with Gasteiger partial charge in [0.2, 0.25) is 5.89 Å². The molecule has 144 valence electrons. The van der Waals surface area contributed by atoms with E-state index in [0.717, 1.165) is 11.3 Å². The number of para-hydroxylation sites is 1. The summed E-state index contributed by atoms with van der Waals surface area (Å²) in [5.74, 6) is 1.97. The predicted octanol–water partition coefficient (Wildman–Crippen LogP) is 6.16. The topological polar surface area (TPSA) is 65.2 Å². The molecule has 0 amide bonds. The zero-order valence-corrected chi connectivity index (χ0v) is 16.7. The lowest BCUT2D eigenvalue weighted by molar-refractivity contribution is 0.102. The molecular weight excluding hydrogens is 408 g/mol. The van der Waals surface area contributed by atoms with Crippen molar-refractivity contribution in [3.63, 3.8) is 0 Å². The summed E-state index contributed by atoms with van der Waals surface area (Å²) in [4.78, 5) is 12.4. The molecule has 0 fully saturated rings. The number of aromatic nitrogens is 2. The number of rotatable bonds is 7. The van der Waals surface area contributed by atoms with Crippen molar-refractivity contribution < 1.29 is 13.9 Å². The summed E-state index contributed by atoms with van der Waals surface area (Å²) in [5.41, 5.74) is 1.37. The number of nitrogens with zero attached hydrogens (tertiary/aromatic N) is 2. The Morgan fingerprint density at radius 3 is 2.31 bits per heavy atom. The lowest BCUT2D eigenvalue weighted by Gasteiger charge is -2.06. The molecule has 1 heterocycles. The van der Waals surface area contributed by atoms with Gasteiger partial charge in [-0.15, -0.1) is 10.2 Å². The van der Waals surface area contributed by atoms with Gasteiger partial charge in [-0.05, 0) is 60.7 Å². The van der Waals surface area contributed by atoms with Crippen LogP contribution in [-0.2, 0) is 0 Å². The predicted molar refractivity (Wildman–Crippen MR) is 113 cm³/mol. The van der Waals surface area contributed by atoms with E-state index in [1.807, 2.05) is 30.3 Å². The molecule has 0 aliphatic heterocycles. The molecule has 4 aromatic rings. The van der Waals surface area contributed by atoms with Crippen LogP contribution in [0.1, 0.15) is 10.4 Å². The van der Waals surface area contributed by atoms with E-state index < -0.39 is 0 Å². The molecule has 0 N–H and O–H groups in total. The number of hydrogen-bond donors (Lipinski definition) is 0. The Labute approximate surface area is 176 Å². The molecule has 29 heavy (non-hydrogen) atoms. The maximum atomic E-state index is 12.4. The largest absolute Gasteiger partial charge is 0.457 e. The van der Waals surface area contributed by atoms with E-state index in [2.05, 4.69) is 10.2 Å². The highest BCUT2D eigenvalue weighted by Gasteiger charge is 2.13. The molecule has 0 spiro atoms. The van der Waals surface area contributed by atoms with Crippen LogP contribution in [0.5, 0.6) is 11.5 Å². The number of ketones is 1. The molecule has 0 radical (unpaired) electrons. The third-order valence-electron chi connectivity index (χ3n) is 3.98. The Morgan fingerprint density at radius 2 is 1.59 bits per heavy atom. The second-order valence-corrected chi connectivity index (χ2v) is 7.39. The number of halogens is 1. The molecule has 0 saturated heterocycles. The van der Waals surface area contributed by atoms with Gasteiger partial charge in [-0.1, -0.05) is 41.6 Å². The lowest BCUT2D eigenvalue weighted by Crippen LogP contribution is -2.02. The molecular formula is C22H15ClN2O3S. The summed E-state index contributed by atoms with van der Waals surface area (Å²) in [7, 11) is 0. The Balaban J connectivity index is 1.34. The highest BCUT2D eigenvalue weighted by molar-refractivity contribution is 7.99. The van der Waals surface area contributed by atoms with Gasteiger partial charge in [-0.3, -0.25) is 4.79 Å². The van der Waals surface area contributed by atoms with Gasteiger partial charge in [0.25, 0.3) is 5.22 Å². The first kappa shape index (κ1) is 19.2. The van der Waals surface area contributed by atoms with Crippen molar-refractivity contribution in [2.75, 3.05) is 5.75 Å². The normalized spacial score (nSPS) is 10.7. The monoisotopic (exact) mass is 422 g/mol. The van der Waals surface area contributed by atoms with E-state index >= 15 is 0 Å². The van der Waals surface area contributed by atoms with Crippen LogP contribution >= 0.6 is 23.4 Å². The molecule has 0 aliphatic rings. The average Bonchev–Trinajstić information content (AvgIpc) is 3.23. The molecule has 0 bridgehead atoms. The Hall–Kier alpha value is -3.09. The van der Waals surface area contributed by atoms with Crippen LogP contribution in [0.4, 0.5) is 0 Å². The van der Waals surface area contributed by atoms with Gasteiger partial charge in [-0.2, -0.15) is 0 Å². The van der Waals surface area contributed by atoms with Crippen LogP contribution in [0.25, 0.3) is 11.5 Å². The van der Waals surface area contributed by atoms with Gasteiger partial charge in [0.15, 0.2) is 5.78 Å². The van der Waals surface area contributed by atoms with Crippen molar-refractivity contribution in [2.24, 2.45) is 0 Å². The highest BCUT2D eigenvalue weighted by atomic mass is 35.5. The molecule has 5 nitrogen and oxygen atoms in total. The fourth-order valence-corrected chi connectivity index (χ4v) is 3.30. The summed E-state index contributed by atoms with van der Waals surface area (Å²) in [6.45, 7) is 0. The Bertz CT molecular complexity index is 1100. The number of carbonyl (C=O) groups excluding carboxylic acids is 1. The molecule has 0 atom stereocenters. The molecule has 1 aromatic heterocycles. The van der Waals surface area contributed by atoms with Crippen LogP contribution in [0.3, 0.4) is 0 Å². The fraction of sp³-hybridized carbons (Fsp3) is 0.0455. The van der Waals surface area contributed by atoms with E-state index in [1.165, 1.54) is 11.8 Å². The minimum Gasteiger partial charge on any atom is -0.457 e. The van der Waals surface area contributed by atoms with Crippen LogP contribution in [0.2, 0.25) is 5.02 Å². The van der Waals surface area contributed by atoms with E-state index in [4.69, 9.17) is 20.8 Å². The zero-order valence-electron chi connectivity index (χ0n) is 15.1. The second kappa shape index (κ2) is 8.94. The van der Waals surface area contributed by atoms with Gasteiger partial charge < -0.3 is 9.15 Å². The number of benzene rings is 3. The minimum absolute atomic E-state index is 0.0347. The molecule has 4 rings (SSSR count). The Morgan fingerprint density at radius 1 is 0.897 bits per heavy atom. The van der Waals surface area contributed by atoms with Crippen molar-refractivity contribution in [3.05, 3.63) is 89.4 Å². The van der Waals surface area contributed by atoms with E-state index in [1.54, 1.807) is 48.5 Å². The Kier molecular flexibility index (Phi) is 5.93. The molecule has 7 heteroatoms. The summed E-state index contributed by atoms with van der Waals surface area (Å²) in [6.07, 6.45) is 0. The highest BCUT2D eigenvalue weighted by Crippen LogP contribution is 2.26. The van der Waals surface area contributed by atoms with Crippen LogP contribution in [0.15, 0.2) is 88.5 Å². The van der Waals surface area contributed by atoms with Gasteiger partial charge >= 0.3 is 0 Å². The van der Waals surface area contributed by atoms with Crippen LogP contribution < -0.4 is 4.74 Å². The maximum Gasteiger partial charge on any atom is 0.277 e. The van der Waals surface area contributed by atoms with E-state index in [9.17, 15) is 4.79 Å². The summed E-state index contributed by atoms with van der Waals surface area (Å²) < 4.78 is 11.3. The number of ether oxygens (including phenoxy) is 1. The smallest absolute Gasteiger partial charge is 0.277 e. The summed E-state index contributed by atoms with van der Waals surface area (Å²) in [5, 5.41) is 8.97. The number of thioether (sulfide) groups is 1. The van der Waals surface area contributed by atoms with E-state index in [0.29, 0.717) is 27.4 Å². The third-order valence-corrected chi connectivity index (χ3v) is 5.05. The average molecular weight is 423 g/mol. The molecule has 0 saturated carbocycles. The van der Waals surface area contributed by atoms with Gasteiger partial charge in [0.05, 0.1) is 5.75 Å². The van der Waals surface area contributed by atoms with Gasteiger partial charge in [0, 0.05) is 16.1 Å². The summed E-state index contributed by atoms with van der Waals surface area (Å²) in [6, 6.07) is 23.6. The zero-order chi connectivity index (χ0) is 20.1. The fourth-order valence-electron chi connectivity index (χ4n) is 2.52.